The van der Waals surface area contributed by atoms with Gasteiger partial charge in [-0.05, 0) is 44.5 Å². The van der Waals surface area contributed by atoms with E-state index in [4.69, 9.17) is 0 Å². The normalized spacial score (nSPS) is 18.4. The Morgan fingerprint density at radius 2 is 2.36 bits per heavy atom. The van der Waals surface area contributed by atoms with Gasteiger partial charge in [0.15, 0.2) is 0 Å². The Bertz CT molecular complexity index is 623. The molecule has 0 aromatic carbocycles. The van der Waals surface area contributed by atoms with Crippen LogP contribution in [0.5, 0.6) is 0 Å². The number of hydrogen-bond acceptors (Lipinski definition) is 4. The van der Waals surface area contributed by atoms with Crippen LogP contribution in [0.15, 0.2) is 37.1 Å². The van der Waals surface area contributed by atoms with E-state index >= 15 is 0 Å². The van der Waals surface area contributed by atoms with Crippen LogP contribution in [-0.4, -0.2) is 52.0 Å². The summed E-state index contributed by atoms with van der Waals surface area (Å²) in [4.78, 5) is 23.0. The Morgan fingerprint density at radius 3 is 3.14 bits per heavy atom. The Balaban J connectivity index is 1.76. The Morgan fingerprint density at radius 1 is 1.45 bits per heavy atom. The first-order valence-corrected chi connectivity index (χ1v) is 7.66. The van der Waals surface area contributed by atoms with Crippen molar-refractivity contribution in [3.05, 3.63) is 42.6 Å². The minimum Gasteiger partial charge on any atom is -0.338 e. The van der Waals surface area contributed by atoms with Crippen LogP contribution in [0.3, 0.4) is 0 Å². The zero-order valence-corrected chi connectivity index (χ0v) is 12.8. The fourth-order valence-corrected chi connectivity index (χ4v) is 2.97. The molecule has 0 aliphatic carbocycles. The van der Waals surface area contributed by atoms with Gasteiger partial charge < -0.3 is 10.2 Å². The minimum atomic E-state index is 0.0876. The Labute approximate surface area is 130 Å². The maximum Gasteiger partial charge on any atom is 0.254 e. The number of aromatic nitrogens is 3. The minimum absolute atomic E-state index is 0.0876. The number of amides is 1. The highest BCUT2D eigenvalue weighted by molar-refractivity contribution is 5.94. The van der Waals surface area contributed by atoms with Gasteiger partial charge in [-0.3, -0.25) is 9.36 Å². The second-order valence-electron chi connectivity index (χ2n) is 5.69. The smallest absolute Gasteiger partial charge is 0.254 e. The molecule has 116 valence electrons. The first kappa shape index (κ1) is 14.7. The molecule has 1 saturated heterocycles. The number of likely N-dealkylation sites (tertiary alicyclic amines) is 1. The van der Waals surface area contributed by atoms with Gasteiger partial charge in [-0.1, -0.05) is 0 Å². The summed E-state index contributed by atoms with van der Waals surface area (Å²) in [6.45, 7) is 2.62. The highest BCUT2D eigenvalue weighted by Gasteiger charge is 2.24. The standard InChI is InChI=1S/C16H21N5O/c1-17-10-13-3-2-7-20(11-13)16(22)14-4-5-19-15(9-14)21-8-6-18-12-21/h4-6,8-9,12-13,17H,2-3,7,10-11H2,1H3/t13-/m1/s1. The number of piperidine rings is 1. The van der Waals surface area contributed by atoms with Gasteiger partial charge in [0.25, 0.3) is 5.91 Å². The van der Waals surface area contributed by atoms with Gasteiger partial charge in [0.05, 0.1) is 0 Å². The van der Waals surface area contributed by atoms with Crippen molar-refractivity contribution in [2.24, 2.45) is 5.92 Å². The lowest BCUT2D eigenvalue weighted by atomic mass is 9.97. The van der Waals surface area contributed by atoms with Crippen molar-refractivity contribution in [3.63, 3.8) is 0 Å². The van der Waals surface area contributed by atoms with E-state index < -0.39 is 0 Å². The van der Waals surface area contributed by atoms with E-state index in [-0.39, 0.29) is 5.91 Å². The zero-order chi connectivity index (χ0) is 15.4. The Kier molecular flexibility index (Phi) is 4.48. The summed E-state index contributed by atoms with van der Waals surface area (Å²) in [5, 5.41) is 3.21. The van der Waals surface area contributed by atoms with Crippen molar-refractivity contribution < 1.29 is 4.79 Å². The number of rotatable bonds is 4. The molecule has 2 aromatic heterocycles. The molecule has 0 radical (unpaired) electrons. The van der Waals surface area contributed by atoms with Gasteiger partial charge >= 0.3 is 0 Å². The van der Waals surface area contributed by atoms with Gasteiger partial charge in [-0.2, -0.15) is 0 Å². The summed E-state index contributed by atoms with van der Waals surface area (Å²) in [6.07, 6.45) is 9.13. The van der Waals surface area contributed by atoms with Crippen molar-refractivity contribution in [1.82, 2.24) is 24.8 Å². The molecule has 0 saturated carbocycles. The zero-order valence-electron chi connectivity index (χ0n) is 12.8. The fraction of sp³-hybridized carbons (Fsp3) is 0.438. The van der Waals surface area contributed by atoms with Crippen LogP contribution in [0.4, 0.5) is 0 Å². The summed E-state index contributed by atoms with van der Waals surface area (Å²) in [5.41, 5.74) is 0.684. The highest BCUT2D eigenvalue weighted by Crippen LogP contribution is 2.18. The molecule has 3 heterocycles. The Hall–Kier alpha value is -2.21. The van der Waals surface area contributed by atoms with Gasteiger partial charge in [-0.25, -0.2) is 9.97 Å². The van der Waals surface area contributed by atoms with Gasteiger partial charge in [-0.15, -0.1) is 0 Å². The van der Waals surface area contributed by atoms with Gasteiger partial charge in [0, 0.05) is 37.2 Å². The third-order valence-electron chi connectivity index (χ3n) is 4.06. The van der Waals surface area contributed by atoms with E-state index in [1.165, 1.54) is 6.42 Å². The van der Waals surface area contributed by atoms with E-state index in [0.717, 1.165) is 26.1 Å². The van der Waals surface area contributed by atoms with Crippen LogP contribution in [0.2, 0.25) is 0 Å². The third-order valence-corrected chi connectivity index (χ3v) is 4.06. The van der Waals surface area contributed by atoms with Crippen molar-refractivity contribution in [2.45, 2.75) is 12.8 Å². The number of hydrogen-bond donors (Lipinski definition) is 1. The van der Waals surface area contributed by atoms with Crippen molar-refractivity contribution in [2.75, 3.05) is 26.7 Å². The lowest BCUT2D eigenvalue weighted by Gasteiger charge is -2.32. The maximum atomic E-state index is 12.7. The second-order valence-corrected chi connectivity index (χ2v) is 5.69. The number of imidazole rings is 1. The summed E-state index contributed by atoms with van der Waals surface area (Å²) in [5.74, 6) is 1.34. The van der Waals surface area contributed by atoms with E-state index in [2.05, 4.69) is 15.3 Å². The van der Waals surface area contributed by atoms with E-state index in [9.17, 15) is 4.79 Å². The average Bonchev–Trinajstić information content (AvgIpc) is 3.09. The molecule has 1 amide bonds. The summed E-state index contributed by atoms with van der Waals surface area (Å²) in [7, 11) is 1.96. The maximum absolute atomic E-state index is 12.7. The van der Waals surface area contributed by atoms with Gasteiger partial charge in [0.2, 0.25) is 0 Å². The molecule has 1 atom stereocenters. The van der Waals surface area contributed by atoms with Crippen LogP contribution < -0.4 is 5.32 Å². The number of nitrogens with one attached hydrogen (secondary N) is 1. The number of pyridine rings is 1. The van der Waals surface area contributed by atoms with Crippen molar-refractivity contribution in [3.8, 4) is 5.82 Å². The topological polar surface area (TPSA) is 63.1 Å². The van der Waals surface area contributed by atoms with Crippen LogP contribution >= 0.6 is 0 Å². The second kappa shape index (κ2) is 6.70. The lowest BCUT2D eigenvalue weighted by molar-refractivity contribution is 0.0674. The number of carbonyl (C=O) groups is 1. The monoisotopic (exact) mass is 299 g/mol. The SMILES string of the molecule is CNC[C@H]1CCCN(C(=O)c2ccnc(-n3ccnc3)c2)C1. The van der Waals surface area contributed by atoms with Crippen LogP contribution in [0.25, 0.3) is 5.82 Å². The molecule has 1 fully saturated rings. The van der Waals surface area contributed by atoms with E-state index in [1.807, 2.05) is 24.2 Å². The third kappa shape index (κ3) is 3.17. The van der Waals surface area contributed by atoms with E-state index in [0.29, 0.717) is 17.3 Å². The highest BCUT2D eigenvalue weighted by atomic mass is 16.2. The predicted octanol–water partition coefficient (Wildman–Crippen LogP) is 1.34. The molecule has 1 N–H and O–H groups in total. The first-order valence-electron chi connectivity index (χ1n) is 7.66. The van der Waals surface area contributed by atoms with Gasteiger partial charge in [0.1, 0.15) is 12.1 Å². The molecular formula is C16H21N5O. The molecule has 1 aliphatic heterocycles. The molecule has 1 aliphatic rings. The molecule has 0 unspecified atom stereocenters. The lowest BCUT2D eigenvalue weighted by Crippen LogP contribution is -2.42. The fourth-order valence-electron chi connectivity index (χ4n) is 2.97. The van der Waals surface area contributed by atoms with Crippen molar-refractivity contribution >= 4 is 5.91 Å². The molecule has 0 spiro atoms. The molecular weight excluding hydrogens is 278 g/mol. The summed E-state index contributed by atoms with van der Waals surface area (Å²) < 4.78 is 1.80. The molecule has 6 nitrogen and oxygen atoms in total. The first-order chi connectivity index (χ1) is 10.8. The number of carbonyl (C=O) groups excluding carboxylic acids is 1. The van der Waals surface area contributed by atoms with Crippen LogP contribution in [-0.2, 0) is 0 Å². The molecule has 22 heavy (non-hydrogen) atoms. The molecule has 3 rings (SSSR count). The molecule has 0 bridgehead atoms. The van der Waals surface area contributed by atoms with Crippen LogP contribution in [0, 0.1) is 5.92 Å². The molecule has 2 aromatic rings. The predicted molar refractivity (Wildman–Crippen MR) is 83.9 cm³/mol. The quantitative estimate of drug-likeness (QED) is 0.925. The average molecular weight is 299 g/mol. The van der Waals surface area contributed by atoms with Crippen LogP contribution in [0.1, 0.15) is 23.2 Å². The molecule has 6 heteroatoms. The summed E-state index contributed by atoms with van der Waals surface area (Å²) >= 11 is 0. The van der Waals surface area contributed by atoms with Crippen molar-refractivity contribution in [1.29, 1.82) is 0 Å². The number of nitrogens with zero attached hydrogens (tertiary/aromatic N) is 4. The largest absolute Gasteiger partial charge is 0.338 e. The van der Waals surface area contributed by atoms with E-state index in [1.54, 1.807) is 29.4 Å². The summed E-state index contributed by atoms with van der Waals surface area (Å²) in [6, 6.07) is 3.61.